The van der Waals surface area contributed by atoms with Crippen LogP contribution in [0.5, 0.6) is 0 Å². The Kier molecular flexibility index (Phi) is 7.38. The maximum atomic E-state index is 12.0. The predicted molar refractivity (Wildman–Crippen MR) is 94.2 cm³/mol. The lowest BCUT2D eigenvalue weighted by Crippen LogP contribution is -2.28. The first-order chi connectivity index (χ1) is 10.4. The third-order valence-electron chi connectivity index (χ3n) is 3.57. The van der Waals surface area contributed by atoms with Crippen molar-refractivity contribution in [2.75, 3.05) is 44.1 Å². The molecule has 1 aromatic rings. The van der Waals surface area contributed by atoms with Crippen LogP contribution in [0.25, 0.3) is 0 Å². The van der Waals surface area contributed by atoms with Crippen LogP contribution in [0.4, 0.5) is 5.69 Å². The molecule has 0 bridgehead atoms. The van der Waals surface area contributed by atoms with Gasteiger partial charge in [0.2, 0.25) is 0 Å². The van der Waals surface area contributed by atoms with Crippen LogP contribution < -0.4 is 10.2 Å². The van der Waals surface area contributed by atoms with E-state index in [1.807, 2.05) is 24.3 Å². The van der Waals surface area contributed by atoms with Crippen LogP contribution in [0.1, 0.15) is 30.1 Å². The van der Waals surface area contributed by atoms with E-state index in [-0.39, 0.29) is 5.91 Å². The lowest BCUT2D eigenvalue weighted by Gasteiger charge is -2.19. The largest absolute Gasteiger partial charge is 0.375 e. The van der Waals surface area contributed by atoms with E-state index in [1.165, 1.54) is 7.05 Å². The summed E-state index contributed by atoms with van der Waals surface area (Å²) >= 11 is 0. The molecule has 0 spiro atoms. The molecule has 1 amide bonds. The Hall–Kier alpha value is -1.56. The minimum absolute atomic E-state index is 0.144. The van der Waals surface area contributed by atoms with Gasteiger partial charge in [0.05, 0.1) is 0 Å². The molecule has 0 aromatic heterocycles. The van der Waals surface area contributed by atoms with Crippen molar-refractivity contribution in [1.82, 2.24) is 5.32 Å². The molecule has 0 aliphatic rings. The zero-order valence-corrected chi connectivity index (χ0v) is 14.8. The van der Waals surface area contributed by atoms with Crippen LogP contribution in [0.3, 0.4) is 0 Å². The molecule has 0 saturated carbocycles. The summed E-state index contributed by atoms with van der Waals surface area (Å²) in [4.78, 5) is 14.2. The molecular weight excluding hydrogens is 298 g/mol. The first kappa shape index (κ1) is 18.5. The van der Waals surface area contributed by atoms with Crippen molar-refractivity contribution < 1.29 is 9.00 Å². The molecule has 1 atom stereocenters. The highest BCUT2D eigenvalue weighted by Gasteiger charge is 2.07. The average molecular weight is 325 g/mol. The summed E-state index contributed by atoms with van der Waals surface area (Å²) in [5.74, 6) is 0.224. The normalized spacial score (nSPS) is 13.3. The summed E-state index contributed by atoms with van der Waals surface area (Å²) in [6, 6.07) is 7.55. The van der Waals surface area contributed by atoms with Gasteiger partial charge >= 0.3 is 0 Å². The van der Waals surface area contributed by atoms with Crippen molar-refractivity contribution in [2.45, 2.75) is 19.8 Å². The van der Waals surface area contributed by atoms with Gasteiger partial charge in [-0.1, -0.05) is 13.3 Å². The second-order valence-electron chi connectivity index (χ2n) is 5.42. The zero-order chi connectivity index (χ0) is 16.6. The van der Waals surface area contributed by atoms with Crippen molar-refractivity contribution in [3.63, 3.8) is 0 Å². The van der Waals surface area contributed by atoms with Crippen molar-refractivity contribution in [3.05, 3.63) is 29.8 Å². The van der Waals surface area contributed by atoms with Gasteiger partial charge in [-0.05, 0) is 30.7 Å². The third kappa shape index (κ3) is 6.05. The molecule has 5 nitrogen and oxygen atoms in total. The lowest BCUT2D eigenvalue weighted by molar-refractivity contribution is 0.0956. The molecule has 6 heteroatoms. The molecule has 1 rings (SSSR count). The Morgan fingerprint density at radius 2 is 1.95 bits per heavy atom. The van der Waals surface area contributed by atoms with Crippen molar-refractivity contribution in [2.24, 2.45) is 4.36 Å². The summed E-state index contributed by atoms with van der Waals surface area (Å²) in [5.41, 5.74) is 1.72. The molecule has 1 unspecified atom stereocenters. The molecule has 22 heavy (non-hydrogen) atoms. The first-order valence-electron chi connectivity index (χ1n) is 7.57. The second kappa shape index (κ2) is 8.78. The fourth-order valence-corrected chi connectivity index (χ4v) is 2.60. The first-order valence-corrected chi connectivity index (χ1v) is 9.66. The van der Waals surface area contributed by atoms with E-state index in [0.29, 0.717) is 17.9 Å². The Bertz CT molecular complexity index is 590. The molecule has 0 fully saturated rings. The van der Waals surface area contributed by atoms with Gasteiger partial charge in [0.1, 0.15) is 0 Å². The van der Waals surface area contributed by atoms with Gasteiger partial charge in [-0.15, -0.1) is 0 Å². The Morgan fingerprint density at radius 1 is 1.32 bits per heavy atom. The molecule has 0 radical (unpaired) electrons. The van der Waals surface area contributed by atoms with Crippen LogP contribution in [0.2, 0.25) is 0 Å². The fraction of sp³-hybridized carbons (Fsp3) is 0.562. The topological polar surface area (TPSA) is 61.8 Å². The predicted octanol–water partition coefficient (Wildman–Crippen LogP) is 2.38. The van der Waals surface area contributed by atoms with Crippen LogP contribution >= 0.6 is 0 Å². The number of unbranched alkanes of at least 4 members (excludes halogenated alkanes) is 1. The van der Waals surface area contributed by atoms with E-state index in [4.69, 9.17) is 0 Å². The molecule has 0 saturated heterocycles. The number of hydrogen-bond acceptors (Lipinski definition) is 4. The summed E-state index contributed by atoms with van der Waals surface area (Å²) in [6.45, 7) is 3.54. The van der Waals surface area contributed by atoms with Gasteiger partial charge in [-0.2, -0.15) is 0 Å². The minimum Gasteiger partial charge on any atom is -0.375 e. The molecular formula is C16H27N3O2S. The van der Waals surface area contributed by atoms with E-state index in [1.54, 1.807) is 6.26 Å². The van der Waals surface area contributed by atoms with Crippen molar-refractivity contribution in [1.29, 1.82) is 0 Å². The highest BCUT2D eigenvalue weighted by Crippen LogP contribution is 2.14. The quantitative estimate of drug-likeness (QED) is 0.798. The van der Waals surface area contributed by atoms with Crippen molar-refractivity contribution >= 4 is 21.3 Å². The van der Waals surface area contributed by atoms with Crippen LogP contribution in [-0.4, -0.2) is 49.3 Å². The lowest BCUT2D eigenvalue weighted by atomic mass is 10.2. The number of amides is 1. The minimum atomic E-state index is -2.17. The van der Waals surface area contributed by atoms with Gasteiger partial charge in [-0.3, -0.25) is 4.79 Å². The number of rotatable bonds is 8. The second-order valence-corrected chi connectivity index (χ2v) is 8.12. The van der Waals surface area contributed by atoms with Crippen LogP contribution in [0.15, 0.2) is 28.6 Å². The Morgan fingerprint density at radius 3 is 2.50 bits per heavy atom. The molecule has 1 aromatic carbocycles. The van der Waals surface area contributed by atoms with E-state index in [2.05, 4.69) is 28.6 Å². The van der Waals surface area contributed by atoms with E-state index in [9.17, 15) is 9.00 Å². The molecule has 0 aliphatic heterocycles. The number of benzene rings is 1. The van der Waals surface area contributed by atoms with Gasteiger partial charge in [0.25, 0.3) is 5.91 Å². The number of carbonyl (C=O) groups excluding carboxylic acids is 1. The maximum absolute atomic E-state index is 12.0. The van der Waals surface area contributed by atoms with Gasteiger partial charge < -0.3 is 10.2 Å². The SMILES string of the molecule is CCCCN(C)c1ccc(C(=O)NCCS(C)(=O)=NC)cc1. The number of nitrogens with one attached hydrogen (secondary N) is 1. The van der Waals surface area contributed by atoms with E-state index >= 15 is 0 Å². The average Bonchev–Trinajstić information content (AvgIpc) is 2.52. The van der Waals surface area contributed by atoms with Gasteiger partial charge in [0.15, 0.2) is 0 Å². The van der Waals surface area contributed by atoms with Gasteiger partial charge in [-0.25, -0.2) is 8.57 Å². The van der Waals surface area contributed by atoms with Gasteiger partial charge in [0, 0.05) is 60.2 Å². The van der Waals surface area contributed by atoms with Crippen LogP contribution in [0, 0.1) is 0 Å². The summed E-state index contributed by atoms with van der Waals surface area (Å²) in [6.07, 6.45) is 3.91. The highest BCUT2D eigenvalue weighted by atomic mass is 32.2. The summed E-state index contributed by atoms with van der Waals surface area (Å²) in [7, 11) is 1.42. The van der Waals surface area contributed by atoms with Crippen LogP contribution in [-0.2, 0) is 9.73 Å². The fourth-order valence-electron chi connectivity index (χ4n) is 1.94. The number of hydrogen-bond donors (Lipinski definition) is 1. The maximum Gasteiger partial charge on any atom is 0.251 e. The third-order valence-corrected chi connectivity index (χ3v) is 5.30. The number of nitrogens with zero attached hydrogens (tertiary/aromatic N) is 2. The monoisotopic (exact) mass is 325 g/mol. The molecule has 124 valence electrons. The van der Waals surface area contributed by atoms with Crippen molar-refractivity contribution in [3.8, 4) is 0 Å². The number of anilines is 1. The zero-order valence-electron chi connectivity index (χ0n) is 14.0. The summed E-state index contributed by atoms with van der Waals surface area (Å²) in [5, 5.41) is 2.78. The number of carbonyl (C=O) groups is 1. The molecule has 0 heterocycles. The highest BCUT2D eigenvalue weighted by molar-refractivity contribution is 7.92. The smallest absolute Gasteiger partial charge is 0.251 e. The Labute approximate surface area is 134 Å². The molecule has 1 N–H and O–H groups in total. The van der Waals surface area contributed by atoms with E-state index < -0.39 is 9.73 Å². The van der Waals surface area contributed by atoms with E-state index in [0.717, 1.165) is 25.1 Å². The standard InChI is InChI=1S/C16H27N3O2S/c1-5-6-12-19(3)15-9-7-14(8-10-15)16(20)18-11-13-22(4,21)17-2/h7-10H,5-6,11-13H2,1-4H3,(H,18,20). The summed E-state index contributed by atoms with van der Waals surface area (Å²) < 4.78 is 15.6. The Balaban J connectivity index is 2.55. The molecule has 0 aliphatic carbocycles.